The lowest BCUT2D eigenvalue weighted by Gasteiger charge is -2.13. The molecule has 0 aliphatic carbocycles. The molecule has 1 amide bonds. The van der Waals surface area contributed by atoms with Gasteiger partial charge in [0.05, 0.1) is 17.7 Å². The van der Waals surface area contributed by atoms with Crippen molar-refractivity contribution in [2.24, 2.45) is 0 Å². The Balaban J connectivity index is 2.06. The lowest BCUT2D eigenvalue weighted by atomic mass is 10.1. The van der Waals surface area contributed by atoms with Crippen LogP contribution in [0.5, 0.6) is 5.75 Å². The molecule has 6 nitrogen and oxygen atoms in total. The van der Waals surface area contributed by atoms with Crippen LogP contribution in [-0.2, 0) is 6.54 Å². The first-order chi connectivity index (χ1) is 12.2. The molecule has 1 heterocycles. The van der Waals surface area contributed by atoms with Gasteiger partial charge in [0.25, 0.3) is 11.5 Å². The number of carbonyl (C=O) groups is 1. The summed E-state index contributed by atoms with van der Waals surface area (Å²) in [5.41, 5.74) is 0.571. The lowest BCUT2D eigenvalue weighted by Crippen LogP contribution is -2.27. The highest BCUT2D eigenvalue weighted by molar-refractivity contribution is 6.11. The van der Waals surface area contributed by atoms with Gasteiger partial charge in [-0.15, -0.1) is 0 Å². The van der Waals surface area contributed by atoms with Gasteiger partial charge in [-0.3, -0.25) is 9.59 Å². The van der Waals surface area contributed by atoms with Gasteiger partial charge in [-0.1, -0.05) is 30.3 Å². The number of aryl methyl sites for hydroxylation is 1. The van der Waals surface area contributed by atoms with Gasteiger partial charge >= 0.3 is 0 Å². The number of rotatable bonds is 5. The Morgan fingerprint density at radius 1 is 1.08 bits per heavy atom. The van der Waals surface area contributed by atoms with Crippen LogP contribution in [-0.4, -0.2) is 22.3 Å². The van der Waals surface area contributed by atoms with E-state index in [4.69, 9.17) is 4.74 Å². The van der Waals surface area contributed by atoms with Crippen LogP contribution < -0.4 is 15.6 Å². The standard InChI is InChI=1S/C19H19N3O3/c1-3-22-19(24)14-10-6-5-9-13(14)17(21-22)18(23)20-15-11-7-8-12-16(15)25-4-2/h5-12H,3-4H2,1-2H3,(H,20,23). The van der Waals surface area contributed by atoms with Gasteiger partial charge in [0.2, 0.25) is 0 Å². The number of fused-ring (bicyclic) bond motifs is 1. The molecule has 0 spiro atoms. The third kappa shape index (κ3) is 3.24. The van der Waals surface area contributed by atoms with E-state index in [1.54, 1.807) is 36.4 Å². The number of carbonyl (C=O) groups excluding carboxylic acids is 1. The van der Waals surface area contributed by atoms with Crippen LogP contribution in [0, 0.1) is 0 Å². The first kappa shape index (κ1) is 16.7. The Bertz CT molecular complexity index is 979. The predicted molar refractivity (Wildman–Crippen MR) is 97.2 cm³/mol. The van der Waals surface area contributed by atoms with E-state index in [1.807, 2.05) is 26.0 Å². The van der Waals surface area contributed by atoms with Crippen molar-refractivity contribution in [2.75, 3.05) is 11.9 Å². The van der Waals surface area contributed by atoms with E-state index in [1.165, 1.54) is 4.68 Å². The van der Waals surface area contributed by atoms with Crippen molar-refractivity contribution in [2.45, 2.75) is 20.4 Å². The van der Waals surface area contributed by atoms with Crippen molar-refractivity contribution in [3.8, 4) is 5.75 Å². The topological polar surface area (TPSA) is 73.2 Å². The third-order valence-electron chi connectivity index (χ3n) is 3.82. The maximum absolute atomic E-state index is 12.8. The highest BCUT2D eigenvalue weighted by Gasteiger charge is 2.17. The SMILES string of the molecule is CCOc1ccccc1NC(=O)c1nn(CC)c(=O)c2ccccc12. The van der Waals surface area contributed by atoms with Gasteiger partial charge in [0, 0.05) is 11.9 Å². The van der Waals surface area contributed by atoms with E-state index in [0.29, 0.717) is 35.4 Å². The minimum Gasteiger partial charge on any atom is -0.492 e. The molecule has 0 aliphatic rings. The van der Waals surface area contributed by atoms with Gasteiger partial charge in [0.1, 0.15) is 5.75 Å². The van der Waals surface area contributed by atoms with Crippen molar-refractivity contribution in [3.05, 3.63) is 64.6 Å². The molecule has 128 valence electrons. The van der Waals surface area contributed by atoms with E-state index in [9.17, 15) is 9.59 Å². The van der Waals surface area contributed by atoms with Crippen molar-refractivity contribution >= 4 is 22.4 Å². The molecule has 0 saturated carbocycles. The molecule has 1 N–H and O–H groups in total. The van der Waals surface area contributed by atoms with E-state index < -0.39 is 0 Å². The summed E-state index contributed by atoms with van der Waals surface area (Å²) in [7, 11) is 0. The fraction of sp³-hybridized carbons (Fsp3) is 0.211. The normalized spacial score (nSPS) is 10.6. The number of nitrogens with zero attached hydrogens (tertiary/aromatic N) is 2. The zero-order valence-corrected chi connectivity index (χ0v) is 14.2. The average Bonchev–Trinajstić information content (AvgIpc) is 2.64. The largest absolute Gasteiger partial charge is 0.492 e. The zero-order chi connectivity index (χ0) is 17.8. The third-order valence-corrected chi connectivity index (χ3v) is 3.82. The van der Waals surface area contributed by atoms with Crippen molar-refractivity contribution in [1.82, 2.24) is 9.78 Å². The fourth-order valence-corrected chi connectivity index (χ4v) is 2.65. The number of aromatic nitrogens is 2. The second-order valence-corrected chi connectivity index (χ2v) is 5.40. The number of ether oxygens (including phenoxy) is 1. The molecule has 0 atom stereocenters. The zero-order valence-electron chi connectivity index (χ0n) is 14.2. The second-order valence-electron chi connectivity index (χ2n) is 5.40. The highest BCUT2D eigenvalue weighted by Crippen LogP contribution is 2.25. The Morgan fingerprint density at radius 3 is 2.48 bits per heavy atom. The summed E-state index contributed by atoms with van der Waals surface area (Å²) in [5, 5.41) is 8.08. The molecule has 0 radical (unpaired) electrons. The summed E-state index contributed by atoms with van der Waals surface area (Å²) in [6.45, 7) is 4.58. The number of benzene rings is 2. The molecule has 25 heavy (non-hydrogen) atoms. The van der Waals surface area contributed by atoms with E-state index >= 15 is 0 Å². The molecule has 3 rings (SSSR count). The smallest absolute Gasteiger partial charge is 0.276 e. The Kier molecular flexibility index (Phi) is 4.79. The molecule has 0 saturated heterocycles. The molecular formula is C19H19N3O3. The number of nitrogens with one attached hydrogen (secondary N) is 1. The molecule has 3 aromatic rings. The average molecular weight is 337 g/mol. The minimum absolute atomic E-state index is 0.204. The number of hydrogen-bond donors (Lipinski definition) is 1. The lowest BCUT2D eigenvalue weighted by molar-refractivity contribution is 0.102. The van der Waals surface area contributed by atoms with E-state index in [2.05, 4.69) is 10.4 Å². The highest BCUT2D eigenvalue weighted by atomic mass is 16.5. The number of hydrogen-bond acceptors (Lipinski definition) is 4. The van der Waals surface area contributed by atoms with Crippen molar-refractivity contribution < 1.29 is 9.53 Å². The maximum atomic E-state index is 12.8. The molecule has 1 aromatic heterocycles. The number of amides is 1. The number of anilines is 1. The monoisotopic (exact) mass is 337 g/mol. The van der Waals surface area contributed by atoms with Crippen LogP contribution in [0.1, 0.15) is 24.3 Å². The summed E-state index contributed by atoms with van der Waals surface area (Å²) < 4.78 is 6.83. The van der Waals surface area contributed by atoms with Crippen LogP contribution in [0.25, 0.3) is 10.8 Å². The molecular weight excluding hydrogens is 318 g/mol. The Labute approximate surface area is 145 Å². The summed E-state index contributed by atoms with van der Waals surface area (Å²) in [6, 6.07) is 14.2. The van der Waals surface area contributed by atoms with Crippen LogP contribution in [0.15, 0.2) is 53.3 Å². The van der Waals surface area contributed by atoms with Gasteiger partial charge in [-0.25, -0.2) is 4.68 Å². The van der Waals surface area contributed by atoms with Gasteiger partial charge in [-0.05, 0) is 32.0 Å². The van der Waals surface area contributed by atoms with Crippen molar-refractivity contribution in [3.63, 3.8) is 0 Å². The van der Waals surface area contributed by atoms with Crippen LogP contribution in [0.3, 0.4) is 0 Å². The minimum atomic E-state index is -0.384. The second kappa shape index (κ2) is 7.17. The Hall–Kier alpha value is -3.15. The van der Waals surface area contributed by atoms with Gasteiger partial charge < -0.3 is 10.1 Å². The van der Waals surface area contributed by atoms with Crippen LogP contribution >= 0.6 is 0 Å². The quantitative estimate of drug-likeness (QED) is 0.776. The molecule has 2 aromatic carbocycles. The maximum Gasteiger partial charge on any atom is 0.276 e. The number of para-hydroxylation sites is 2. The first-order valence-corrected chi connectivity index (χ1v) is 8.18. The molecule has 0 fully saturated rings. The molecule has 6 heteroatoms. The molecule has 0 unspecified atom stereocenters. The van der Waals surface area contributed by atoms with Crippen LogP contribution in [0.2, 0.25) is 0 Å². The first-order valence-electron chi connectivity index (χ1n) is 8.18. The van der Waals surface area contributed by atoms with Gasteiger partial charge in [-0.2, -0.15) is 5.10 Å². The summed E-state index contributed by atoms with van der Waals surface area (Å²) in [6.07, 6.45) is 0. The van der Waals surface area contributed by atoms with Gasteiger partial charge in [0.15, 0.2) is 5.69 Å². The predicted octanol–water partition coefficient (Wildman–Crippen LogP) is 3.07. The summed E-state index contributed by atoms with van der Waals surface area (Å²) >= 11 is 0. The summed E-state index contributed by atoms with van der Waals surface area (Å²) in [5.74, 6) is 0.206. The Morgan fingerprint density at radius 2 is 1.76 bits per heavy atom. The fourth-order valence-electron chi connectivity index (χ4n) is 2.65. The molecule has 0 aliphatic heterocycles. The summed E-state index contributed by atoms with van der Waals surface area (Å²) in [4.78, 5) is 25.2. The van der Waals surface area contributed by atoms with Crippen LogP contribution in [0.4, 0.5) is 5.69 Å². The van der Waals surface area contributed by atoms with Crippen molar-refractivity contribution in [1.29, 1.82) is 0 Å². The molecule has 0 bridgehead atoms. The van der Waals surface area contributed by atoms with E-state index in [0.717, 1.165) is 0 Å². The van der Waals surface area contributed by atoms with E-state index in [-0.39, 0.29) is 17.2 Å².